The minimum Gasteiger partial charge on any atom is -0.397 e. The molecule has 5 heteroatoms. The Morgan fingerprint density at radius 2 is 1.43 bits per heavy atom. The van der Waals surface area contributed by atoms with Crippen LogP contribution >= 0.6 is 0 Å². The first-order valence-corrected chi connectivity index (χ1v) is 11.8. The van der Waals surface area contributed by atoms with Gasteiger partial charge in [-0.15, -0.1) is 0 Å². The van der Waals surface area contributed by atoms with Gasteiger partial charge in [-0.05, 0) is 75.0 Å². The van der Waals surface area contributed by atoms with Gasteiger partial charge in [-0.2, -0.15) is 0 Å². The number of anilines is 2. The van der Waals surface area contributed by atoms with Gasteiger partial charge in [0.2, 0.25) is 5.91 Å². The molecule has 0 radical (unpaired) electrons. The Hall–Kier alpha value is -4.51. The fourth-order valence-corrected chi connectivity index (χ4v) is 4.98. The highest BCUT2D eigenvalue weighted by Crippen LogP contribution is 2.36. The van der Waals surface area contributed by atoms with Crippen LogP contribution in [-0.4, -0.2) is 15.9 Å². The quantitative estimate of drug-likeness (QED) is 0.277. The summed E-state index contributed by atoms with van der Waals surface area (Å²) < 4.78 is 0. The number of aryl methyl sites for hydroxylation is 1. The Balaban J connectivity index is 1.21. The molecule has 3 N–H and O–H groups in total. The van der Waals surface area contributed by atoms with E-state index in [1.54, 1.807) is 30.6 Å². The maximum absolute atomic E-state index is 12.8. The predicted molar refractivity (Wildman–Crippen MR) is 144 cm³/mol. The van der Waals surface area contributed by atoms with Gasteiger partial charge in [-0.3, -0.25) is 14.8 Å². The van der Waals surface area contributed by atoms with Crippen LogP contribution in [0.4, 0.5) is 11.4 Å². The van der Waals surface area contributed by atoms with Crippen LogP contribution in [0.15, 0.2) is 91.3 Å². The SMILES string of the molecule is Nc1cccnc1-c1ncccc1NC(=O)CCCc1ccc2ccc3cccc4ccc1c2c34. The number of amides is 1. The lowest BCUT2D eigenvalue weighted by atomic mass is 9.90. The maximum atomic E-state index is 12.8. The summed E-state index contributed by atoms with van der Waals surface area (Å²) in [5.41, 5.74) is 9.63. The van der Waals surface area contributed by atoms with E-state index in [4.69, 9.17) is 5.73 Å². The highest BCUT2D eigenvalue weighted by Gasteiger charge is 2.14. The number of carbonyl (C=O) groups excluding carboxylic acids is 1. The molecule has 4 aromatic carbocycles. The molecule has 0 fully saturated rings. The molecular weight excluding hydrogens is 432 g/mol. The van der Waals surface area contributed by atoms with Crippen molar-refractivity contribution in [2.75, 3.05) is 11.1 Å². The molecule has 0 unspecified atom stereocenters. The van der Waals surface area contributed by atoms with E-state index in [0.29, 0.717) is 29.2 Å². The zero-order valence-corrected chi connectivity index (χ0v) is 19.2. The van der Waals surface area contributed by atoms with Crippen molar-refractivity contribution in [2.45, 2.75) is 19.3 Å². The molecule has 0 aliphatic heterocycles. The summed E-state index contributed by atoms with van der Waals surface area (Å²) in [6.45, 7) is 0. The van der Waals surface area contributed by atoms with Crippen LogP contribution in [-0.2, 0) is 11.2 Å². The number of aromatic nitrogens is 2. The van der Waals surface area contributed by atoms with E-state index < -0.39 is 0 Å². The molecule has 6 aromatic rings. The summed E-state index contributed by atoms with van der Waals surface area (Å²) in [7, 11) is 0. The zero-order valence-electron chi connectivity index (χ0n) is 19.2. The van der Waals surface area contributed by atoms with Gasteiger partial charge in [0.05, 0.1) is 11.4 Å². The molecule has 0 saturated carbocycles. The molecule has 6 rings (SSSR count). The molecule has 2 aromatic heterocycles. The average molecular weight is 457 g/mol. The molecule has 0 atom stereocenters. The smallest absolute Gasteiger partial charge is 0.224 e. The molecule has 1 amide bonds. The van der Waals surface area contributed by atoms with Crippen molar-refractivity contribution >= 4 is 49.6 Å². The number of hydrogen-bond donors (Lipinski definition) is 2. The standard InChI is InChI=1S/C30H24N4O/c31-24-8-3-17-32-29(24)30-25(9-4-18-33-30)34-26(35)10-2-5-19-11-12-22-14-13-20-6-1-7-21-15-16-23(19)28(22)27(20)21/h1,3-4,6-9,11-18H,2,5,10,31H2,(H,34,35). The first-order chi connectivity index (χ1) is 17.2. The number of rotatable bonds is 6. The summed E-state index contributed by atoms with van der Waals surface area (Å²) in [6, 6.07) is 26.8. The molecule has 170 valence electrons. The summed E-state index contributed by atoms with van der Waals surface area (Å²) in [6.07, 6.45) is 5.33. The van der Waals surface area contributed by atoms with Crippen molar-refractivity contribution in [3.8, 4) is 11.4 Å². The van der Waals surface area contributed by atoms with Crippen LogP contribution in [0.1, 0.15) is 18.4 Å². The van der Waals surface area contributed by atoms with E-state index in [2.05, 4.69) is 69.9 Å². The summed E-state index contributed by atoms with van der Waals surface area (Å²) in [5.74, 6) is -0.0496. The number of hydrogen-bond acceptors (Lipinski definition) is 4. The second kappa shape index (κ2) is 8.69. The maximum Gasteiger partial charge on any atom is 0.224 e. The van der Waals surface area contributed by atoms with E-state index in [1.807, 2.05) is 6.07 Å². The van der Waals surface area contributed by atoms with Crippen LogP contribution < -0.4 is 11.1 Å². The van der Waals surface area contributed by atoms with Gasteiger partial charge >= 0.3 is 0 Å². The molecule has 0 saturated heterocycles. The van der Waals surface area contributed by atoms with Crippen molar-refractivity contribution in [3.05, 3.63) is 96.8 Å². The lowest BCUT2D eigenvalue weighted by Crippen LogP contribution is -2.13. The van der Waals surface area contributed by atoms with Gasteiger partial charge in [-0.25, -0.2) is 0 Å². The molecule has 0 aliphatic carbocycles. The van der Waals surface area contributed by atoms with Crippen molar-refractivity contribution < 1.29 is 4.79 Å². The monoisotopic (exact) mass is 456 g/mol. The topological polar surface area (TPSA) is 80.9 Å². The first kappa shape index (κ1) is 21.1. The largest absolute Gasteiger partial charge is 0.397 e. The van der Waals surface area contributed by atoms with Gasteiger partial charge in [0.15, 0.2) is 0 Å². The number of nitrogen functional groups attached to an aromatic ring is 1. The second-order valence-corrected chi connectivity index (χ2v) is 8.82. The number of benzene rings is 4. The fraction of sp³-hybridized carbons (Fsp3) is 0.100. The Morgan fingerprint density at radius 1 is 0.743 bits per heavy atom. The Bertz CT molecular complexity index is 1680. The molecule has 2 heterocycles. The van der Waals surface area contributed by atoms with Crippen molar-refractivity contribution in [1.82, 2.24) is 9.97 Å². The minimum atomic E-state index is -0.0496. The third kappa shape index (κ3) is 3.81. The number of carbonyl (C=O) groups is 1. The summed E-state index contributed by atoms with van der Waals surface area (Å²) in [4.78, 5) is 21.6. The van der Waals surface area contributed by atoms with Crippen molar-refractivity contribution in [3.63, 3.8) is 0 Å². The second-order valence-electron chi connectivity index (χ2n) is 8.82. The van der Waals surface area contributed by atoms with Gasteiger partial charge in [0, 0.05) is 18.8 Å². The van der Waals surface area contributed by atoms with E-state index in [0.717, 1.165) is 12.8 Å². The van der Waals surface area contributed by atoms with Gasteiger partial charge in [0.25, 0.3) is 0 Å². The van der Waals surface area contributed by atoms with E-state index in [-0.39, 0.29) is 5.91 Å². The molecule has 0 bridgehead atoms. The highest BCUT2D eigenvalue weighted by molar-refractivity contribution is 6.23. The van der Waals surface area contributed by atoms with Crippen LogP contribution in [0.5, 0.6) is 0 Å². The lowest BCUT2D eigenvalue weighted by molar-refractivity contribution is -0.116. The third-order valence-corrected chi connectivity index (χ3v) is 6.61. The summed E-state index contributed by atoms with van der Waals surface area (Å²) >= 11 is 0. The number of pyridine rings is 2. The van der Waals surface area contributed by atoms with Crippen LogP contribution in [0.2, 0.25) is 0 Å². The molecule has 35 heavy (non-hydrogen) atoms. The van der Waals surface area contributed by atoms with Gasteiger partial charge < -0.3 is 11.1 Å². The van der Waals surface area contributed by atoms with E-state index >= 15 is 0 Å². The number of nitrogens with two attached hydrogens (primary N) is 1. The highest BCUT2D eigenvalue weighted by atomic mass is 16.1. The van der Waals surface area contributed by atoms with Crippen molar-refractivity contribution in [1.29, 1.82) is 0 Å². The molecule has 5 nitrogen and oxygen atoms in total. The molecule has 0 spiro atoms. The lowest BCUT2D eigenvalue weighted by Gasteiger charge is -2.14. The van der Waals surface area contributed by atoms with Crippen molar-refractivity contribution in [2.24, 2.45) is 0 Å². The average Bonchev–Trinajstić information content (AvgIpc) is 2.89. The number of nitrogens with one attached hydrogen (secondary N) is 1. The van der Waals surface area contributed by atoms with Gasteiger partial charge in [0.1, 0.15) is 11.4 Å². The van der Waals surface area contributed by atoms with Gasteiger partial charge in [-0.1, -0.05) is 54.6 Å². The molecule has 0 aliphatic rings. The van der Waals surface area contributed by atoms with E-state index in [1.165, 1.54) is 37.9 Å². The Morgan fingerprint density at radius 3 is 2.23 bits per heavy atom. The number of nitrogens with zero attached hydrogens (tertiary/aromatic N) is 2. The van der Waals surface area contributed by atoms with Crippen LogP contribution in [0.3, 0.4) is 0 Å². The molecular formula is C30H24N4O. The Kier molecular flexibility index (Phi) is 5.23. The fourth-order valence-electron chi connectivity index (χ4n) is 4.98. The predicted octanol–water partition coefficient (Wildman–Crippen LogP) is 6.58. The first-order valence-electron chi connectivity index (χ1n) is 11.8. The third-order valence-electron chi connectivity index (χ3n) is 6.61. The Labute approximate surface area is 203 Å². The van der Waals surface area contributed by atoms with E-state index in [9.17, 15) is 4.79 Å². The zero-order chi connectivity index (χ0) is 23.8. The summed E-state index contributed by atoms with van der Waals surface area (Å²) in [5, 5.41) is 10.7. The normalized spacial score (nSPS) is 11.4. The minimum absolute atomic E-state index is 0.0496. The van der Waals surface area contributed by atoms with Crippen LogP contribution in [0.25, 0.3) is 43.7 Å². The van der Waals surface area contributed by atoms with Crippen LogP contribution in [0, 0.1) is 0 Å².